The molecule has 0 bridgehead atoms. The molecule has 0 aliphatic carbocycles. The van der Waals surface area contributed by atoms with Crippen molar-refractivity contribution in [1.29, 1.82) is 0 Å². The van der Waals surface area contributed by atoms with Crippen molar-refractivity contribution in [3.63, 3.8) is 0 Å². The molecule has 82 valence electrons. The second kappa shape index (κ2) is 3.44. The number of hydrogen-bond donors (Lipinski definition) is 2. The van der Waals surface area contributed by atoms with Gasteiger partial charge in [0.15, 0.2) is 0 Å². The molecule has 1 aromatic rings. The molecule has 16 heavy (non-hydrogen) atoms. The van der Waals surface area contributed by atoms with Gasteiger partial charge in [0.1, 0.15) is 0 Å². The Morgan fingerprint density at radius 2 is 2.06 bits per heavy atom. The number of aliphatic carboxylic acids is 1. The Labute approximate surface area is 91.1 Å². The van der Waals surface area contributed by atoms with Crippen LogP contribution in [0.1, 0.15) is 21.5 Å². The number of anilines is 1. The minimum atomic E-state index is -1.52. The number of rotatable bonds is 2. The molecular formula is C11H9NO4. The van der Waals surface area contributed by atoms with Crippen molar-refractivity contribution in [3.05, 3.63) is 28.8 Å². The molecule has 1 amide bonds. The van der Waals surface area contributed by atoms with Gasteiger partial charge in [0, 0.05) is 0 Å². The summed E-state index contributed by atoms with van der Waals surface area (Å²) in [4.78, 5) is 33.2. The Bertz CT molecular complexity index is 519. The molecule has 1 aliphatic heterocycles. The van der Waals surface area contributed by atoms with Crippen LogP contribution in [0.25, 0.3) is 0 Å². The molecule has 0 atom stereocenters. The molecular weight excluding hydrogens is 210 g/mol. The van der Waals surface area contributed by atoms with Gasteiger partial charge >= 0.3 is 5.97 Å². The van der Waals surface area contributed by atoms with Crippen molar-refractivity contribution in [2.75, 3.05) is 5.32 Å². The normalized spacial score (nSPS) is 13.2. The summed E-state index contributed by atoms with van der Waals surface area (Å²) in [6, 6.07) is 3.24. The molecule has 0 unspecified atom stereocenters. The molecule has 5 nitrogen and oxygen atoms in total. The lowest BCUT2D eigenvalue weighted by atomic mass is 10.0. The Hall–Kier alpha value is -2.17. The van der Waals surface area contributed by atoms with Crippen LogP contribution < -0.4 is 5.32 Å². The molecule has 1 aromatic carbocycles. The van der Waals surface area contributed by atoms with Crippen LogP contribution in [0.15, 0.2) is 12.1 Å². The molecule has 0 saturated heterocycles. The van der Waals surface area contributed by atoms with E-state index in [0.29, 0.717) is 11.3 Å². The standard InChI is InChI=1S/C11H9NO4/c1-5-2-6-4-8(13)12-9(6)7(3-5)10(14)11(15)16/h2-3H,4H2,1H3,(H,12,13)(H,15,16). The fraction of sp³-hybridized carbons (Fsp3) is 0.182. The molecule has 0 spiro atoms. The van der Waals surface area contributed by atoms with Gasteiger partial charge in [-0.3, -0.25) is 9.59 Å². The van der Waals surface area contributed by atoms with Crippen LogP contribution in [-0.2, 0) is 16.0 Å². The van der Waals surface area contributed by atoms with E-state index < -0.39 is 11.8 Å². The molecule has 0 radical (unpaired) electrons. The summed E-state index contributed by atoms with van der Waals surface area (Å²) >= 11 is 0. The van der Waals surface area contributed by atoms with E-state index in [-0.39, 0.29) is 17.9 Å². The number of carbonyl (C=O) groups is 3. The smallest absolute Gasteiger partial charge is 0.377 e. The van der Waals surface area contributed by atoms with Crippen molar-refractivity contribution in [3.8, 4) is 0 Å². The first-order valence-electron chi connectivity index (χ1n) is 4.70. The highest BCUT2D eigenvalue weighted by Crippen LogP contribution is 2.29. The van der Waals surface area contributed by atoms with E-state index in [2.05, 4.69) is 5.32 Å². The zero-order chi connectivity index (χ0) is 11.9. The van der Waals surface area contributed by atoms with E-state index in [1.807, 2.05) is 0 Å². The topological polar surface area (TPSA) is 83.5 Å². The third kappa shape index (κ3) is 1.56. The van der Waals surface area contributed by atoms with E-state index in [1.54, 1.807) is 13.0 Å². The van der Waals surface area contributed by atoms with Crippen LogP contribution in [0.2, 0.25) is 0 Å². The number of carbonyl (C=O) groups excluding carboxylic acids is 2. The van der Waals surface area contributed by atoms with Crippen molar-refractivity contribution < 1.29 is 19.5 Å². The van der Waals surface area contributed by atoms with Gasteiger partial charge in [-0.1, -0.05) is 6.07 Å². The number of aryl methyl sites for hydroxylation is 1. The maximum atomic E-state index is 11.4. The highest BCUT2D eigenvalue weighted by atomic mass is 16.4. The van der Waals surface area contributed by atoms with Crippen LogP contribution in [0.3, 0.4) is 0 Å². The quantitative estimate of drug-likeness (QED) is 0.568. The SMILES string of the molecule is Cc1cc2c(c(C(=O)C(=O)O)c1)NC(=O)C2. The van der Waals surface area contributed by atoms with E-state index in [0.717, 1.165) is 5.56 Å². The Balaban J connectivity index is 2.59. The highest BCUT2D eigenvalue weighted by Gasteiger charge is 2.26. The molecule has 5 heteroatoms. The van der Waals surface area contributed by atoms with Gasteiger partial charge in [-0.2, -0.15) is 0 Å². The van der Waals surface area contributed by atoms with Gasteiger partial charge in [0.25, 0.3) is 5.78 Å². The monoisotopic (exact) mass is 219 g/mol. The Kier molecular flexibility index (Phi) is 2.23. The van der Waals surface area contributed by atoms with Gasteiger partial charge in [0.2, 0.25) is 5.91 Å². The number of fused-ring (bicyclic) bond motifs is 1. The lowest BCUT2D eigenvalue weighted by molar-refractivity contribution is -0.131. The zero-order valence-electron chi connectivity index (χ0n) is 8.53. The van der Waals surface area contributed by atoms with E-state index in [1.165, 1.54) is 6.07 Å². The predicted octanol–water partition coefficient (Wildman–Crippen LogP) is 0.757. The average molecular weight is 219 g/mol. The third-order valence-electron chi connectivity index (χ3n) is 2.42. The fourth-order valence-corrected chi connectivity index (χ4v) is 1.80. The van der Waals surface area contributed by atoms with Crippen LogP contribution in [0.5, 0.6) is 0 Å². The van der Waals surface area contributed by atoms with E-state index >= 15 is 0 Å². The predicted molar refractivity (Wildman–Crippen MR) is 55.5 cm³/mol. The number of Topliss-reactive ketones (excluding diaryl/α,β-unsaturated/α-hetero) is 1. The Morgan fingerprint density at radius 1 is 1.38 bits per heavy atom. The molecule has 0 saturated carbocycles. The minimum absolute atomic E-state index is 0.0494. The van der Waals surface area contributed by atoms with E-state index in [4.69, 9.17) is 5.11 Å². The number of amides is 1. The minimum Gasteiger partial charge on any atom is -0.475 e. The first-order valence-corrected chi connectivity index (χ1v) is 4.70. The van der Waals surface area contributed by atoms with Gasteiger partial charge < -0.3 is 10.4 Å². The molecule has 0 aromatic heterocycles. The van der Waals surface area contributed by atoms with Gasteiger partial charge in [-0.15, -0.1) is 0 Å². The number of benzene rings is 1. The summed E-state index contributed by atoms with van der Waals surface area (Å²) in [5, 5.41) is 11.2. The van der Waals surface area contributed by atoms with Crippen LogP contribution in [0, 0.1) is 6.92 Å². The summed E-state index contributed by atoms with van der Waals surface area (Å²) in [7, 11) is 0. The zero-order valence-corrected chi connectivity index (χ0v) is 8.53. The van der Waals surface area contributed by atoms with Crippen LogP contribution >= 0.6 is 0 Å². The summed E-state index contributed by atoms with van der Waals surface area (Å²) in [5.74, 6) is -2.74. The first kappa shape index (κ1) is 10.4. The third-order valence-corrected chi connectivity index (χ3v) is 2.42. The molecule has 1 heterocycles. The summed E-state index contributed by atoms with van der Waals surface area (Å²) in [6.45, 7) is 1.75. The first-order chi connectivity index (χ1) is 7.49. The second-order valence-electron chi connectivity index (χ2n) is 3.71. The van der Waals surface area contributed by atoms with Crippen molar-refractivity contribution >= 4 is 23.3 Å². The molecule has 2 N–H and O–H groups in total. The maximum absolute atomic E-state index is 11.4. The molecule has 0 fully saturated rings. The van der Waals surface area contributed by atoms with Crippen LogP contribution in [0.4, 0.5) is 5.69 Å². The summed E-state index contributed by atoms with van der Waals surface area (Å²) < 4.78 is 0. The molecule has 1 aliphatic rings. The number of carboxylic acids is 1. The lowest BCUT2D eigenvalue weighted by Crippen LogP contribution is -2.15. The maximum Gasteiger partial charge on any atom is 0.377 e. The molecule has 2 rings (SSSR count). The number of carboxylic acid groups (broad SMARTS) is 1. The number of ketones is 1. The van der Waals surface area contributed by atoms with Crippen molar-refractivity contribution in [2.45, 2.75) is 13.3 Å². The highest BCUT2D eigenvalue weighted by molar-refractivity contribution is 6.41. The average Bonchev–Trinajstić information content (AvgIpc) is 2.55. The van der Waals surface area contributed by atoms with Gasteiger partial charge in [0.05, 0.1) is 17.7 Å². The summed E-state index contributed by atoms with van der Waals surface area (Å²) in [5.41, 5.74) is 1.82. The van der Waals surface area contributed by atoms with Crippen molar-refractivity contribution in [1.82, 2.24) is 0 Å². The lowest BCUT2D eigenvalue weighted by Gasteiger charge is -2.06. The van der Waals surface area contributed by atoms with E-state index in [9.17, 15) is 14.4 Å². The van der Waals surface area contributed by atoms with Crippen molar-refractivity contribution in [2.24, 2.45) is 0 Å². The number of hydrogen-bond acceptors (Lipinski definition) is 3. The van der Waals surface area contributed by atoms with Gasteiger partial charge in [-0.25, -0.2) is 4.79 Å². The van der Waals surface area contributed by atoms with Crippen LogP contribution in [-0.4, -0.2) is 22.8 Å². The number of nitrogens with one attached hydrogen (secondary N) is 1. The largest absolute Gasteiger partial charge is 0.475 e. The summed E-state index contributed by atoms with van der Waals surface area (Å²) in [6.07, 6.45) is 0.191. The second-order valence-corrected chi connectivity index (χ2v) is 3.71. The Morgan fingerprint density at radius 3 is 2.69 bits per heavy atom. The fourth-order valence-electron chi connectivity index (χ4n) is 1.80. The van der Waals surface area contributed by atoms with Gasteiger partial charge in [-0.05, 0) is 24.1 Å².